The van der Waals surface area contributed by atoms with Crippen molar-refractivity contribution in [3.05, 3.63) is 0 Å². The van der Waals surface area contributed by atoms with Gasteiger partial charge in [-0.05, 0) is 26.5 Å². The molecule has 5 nitrogen and oxygen atoms in total. The van der Waals surface area contributed by atoms with Crippen molar-refractivity contribution in [2.75, 3.05) is 59.2 Å². The fourth-order valence-electron chi connectivity index (χ4n) is 2.87. The Balaban J connectivity index is 0.00000242. The molecule has 2 fully saturated rings. The molecule has 0 spiro atoms. The molecule has 2 aliphatic rings. The maximum atomic E-state index is 5.45. The van der Waals surface area contributed by atoms with Crippen molar-refractivity contribution in [1.29, 1.82) is 0 Å². The van der Waals surface area contributed by atoms with Gasteiger partial charge in [0.1, 0.15) is 0 Å². The lowest BCUT2D eigenvalue weighted by molar-refractivity contribution is 0.0195. The average Bonchev–Trinajstić information content (AvgIpc) is 2.98. The van der Waals surface area contributed by atoms with Gasteiger partial charge in [0, 0.05) is 50.6 Å². The molecule has 0 aromatic rings. The zero-order valence-electron chi connectivity index (χ0n) is 14.3. The lowest BCUT2D eigenvalue weighted by Gasteiger charge is -2.32. The highest BCUT2D eigenvalue weighted by Gasteiger charge is 2.30. The van der Waals surface area contributed by atoms with Gasteiger partial charge in [-0.3, -0.25) is 9.89 Å². The lowest BCUT2D eigenvalue weighted by Crippen LogP contribution is -2.48. The van der Waals surface area contributed by atoms with Crippen molar-refractivity contribution in [3.63, 3.8) is 0 Å². The minimum atomic E-state index is 0. The van der Waals surface area contributed by atoms with Crippen LogP contribution >= 0.6 is 35.7 Å². The van der Waals surface area contributed by atoms with Crippen molar-refractivity contribution >= 4 is 41.7 Å². The Morgan fingerprint density at radius 1 is 1.32 bits per heavy atom. The number of aliphatic imine (C=N–C) groups is 1. The van der Waals surface area contributed by atoms with Crippen LogP contribution in [0.1, 0.15) is 20.3 Å². The second kappa shape index (κ2) is 9.54. The van der Waals surface area contributed by atoms with Gasteiger partial charge in [0.15, 0.2) is 5.96 Å². The highest BCUT2D eigenvalue weighted by atomic mass is 127. The second-order valence-corrected chi connectivity index (χ2v) is 7.91. The van der Waals surface area contributed by atoms with Crippen LogP contribution in [0.3, 0.4) is 0 Å². The Bertz CT molecular complexity index is 361. The summed E-state index contributed by atoms with van der Waals surface area (Å²) in [5.74, 6) is 1.05. The Labute approximate surface area is 156 Å². The molecule has 0 aromatic heterocycles. The molecular weight excluding hydrogens is 411 g/mol. The number of nitrogens with zero attached hydrogens (tertiary/aromatic N) is 3. The van der Waals surface area contributed by atoms with E-state index in [1.54, 1.807) is 0 Å². The SMILES string of the molecule is CN=C(NCC(C)(C)SC)N1CCC(N2CCOCC2)C1.I. The predicted octanol–water partition coefficient (Wildman–Crippen LogP) is 1.73. The predicted molar refractivity (Wildman–Crippen MR) is 107 cm³/mol. The van der Waals surface area contributed by atoms with E-state index in [9.17, 15) is 0 Å². The maximum Gasteiger partial charge on any atom is 0.193 e. The van der Waals surface area contributed by atoms with Crippen LogP contribution in [0.25, 0.3) is 0 Å². The Kier molecular flexibility index (Phi) is 8.81. The fraction of sp³-hybridized carbons (Fsp3) is 0.933. The summed E-state index contributed by atoms with van der Waals surface area (Å²) in [5.41, 5.74) is 0. The molecule has 0 saturated carbocycles. The first-order valence-electron chi connectivity index (χ1n) is 7.88. The molecule has 0 aliphatic carbocycles. The van der Waals surface area contributed by atoms with Gasteiger partial charge in [0.25, 0.3) is 0 Å². The summed E-state index contributed by atoms with van der Waals surface area (Å²) in [7, 11) is 1.89. The molecule has 2 heterocycles. The molecule has 7 heteroatoms. The summed E-state index contributed by atoms with van der Waals surface area (Å²) in [4.78, 5) is 9.44. The zero-order chi connectivity index (χ0) is 15.3. The van der Waals surface area contributed by atoms with Crippen LogP contribution in [-0.4, -0.2) is 85.8 Å². The first-order valence-corrected chi connectivity index (χ1v) is 9.11. The normalized spacial score (nSPS) is 24.3. The number of likely N-dealkylation sites (tertiary alicyclic amines) is 1. The highest BCUT2D eigenvalue weighted by molar-refractivity contribution is 14.0. The van der Waals surface area contributed by atoms with Crippen LogP contribution in [0.15, 0.2) is 4.99 Å². The number of ether oxygens (including phenoxy) is 1. The summed E-state index contributed by atoms with van der Waals surface area (Å²) in [6.45, 7) is 11.6. The summed E-state index contributed by atoms with van der Waals surface area (Å²) in [6.07, 6.45) is 3.39. The van der Waals surface area contributed by atoms with Crippen molar-refractivity contribution in [1.82, 2.24) is 15.1 Å². The number of hydrogen-bond acceptors (Lipinski definition) is 4. The van der Waals surface area contributed by atoms with Gasteiger partial charge in [-0.2, -0.15) is 11.8 Å². The van der Waals surface area contributed by atoms with Crippen molar-refractivity contribution in [2.45, 2.75) is 31.1 Å². The van der Waals surface area contributed by atoms with Gasteiger partial charge in [-0.15, -0.1) is 24.0 Å². The largest absolute Gasteiger partial charge is 0.379 e. The minimum absolute atomic E-state index is 0. The number of thioether (sulfide) groups is 1. The van der Waals surface area contributed by atoms with Gasteiger partial charge in [-0.25, -0.2) is 0 Å². The second-order valence-electron chi connectivity index (χ2n) is 6.40. The van der Waals surface area contributed by atoms with Crippen molar-refractivity contribution < 1.29 is 4.74 Å². The molecule has 1 atom stereocenters. The third-order valence-electron chi connectivity index (χ3n) is 4.46. The summed E-state index contributed by atoms with van der Waals surface area (Å²) in [5, 5.41) is 3.54. The fourth-order valence-corrected chi connectivity index (χ4v) is 3.09. The van der Waals surface area contributed by atoms with Crippen LogP contribution in [-0.2, 0) is 4.74 Å². The zero-order valence-corrected chi connectivity index (χ0v) is 17.4. The monoisotopic (exact) mass is 442 g/mol. The van der Waals surface area contributed by atoms with E-state index >= 15 is 0 Å². The van der Waals surface area contributed by atoms with E-state index in [-0.39, 0.29) is 28.7 Å². The number of halogens is 1. The lowest BCUT2D eigenvalue weighted by atomic mass is 10.2. The standard InChI is InChI=1S/C15H30N4OS.HI/c1-15(2,21-4)12-17-14(16-3)19-6-5-13(11-19)18-7-9-20-10-8-18;/h13H,5-12H2,1-4H3,(H,16,17);1H. The van der Waals surface area contributed by atoms with Gasteiger partial charge < -0.3 is 15.0 Å². The quantitative estimate of drug-likeness (QED) is 0.408. The third-order valence-corrected chi connectivity index (χ3v) is 5.71. The number of guanidine groups is 1. The van der Waals surface area contributed by atoms with Crippen LogP contribution < -0.4 is 5.32 Å². The molecule has 2 rings (SSSR count). The van der Waals surface area contributed by atoms with E-state index in [1.165, 1.54) is 6.42 Å². The number of nitrogens with one attached hydrogen (secondary N) is 1. The molecule has 130 valence electrons. The average molecular weight is 442 g/mol. The van der Waals surface area contributed by atoms with E-state index in [4.69, 9.17) is 4.74 Å². The Morgan fingerprint density at radius 2 is 2.00 bits per heavy atom. The van der Waals surface area contributed by atoms with Gasteiger partial charge in [0.2, 0.25) is 0 Å². The highest BCUT2D eigenvalue weighted by Crippen LogP contribution is 2.20. The van der Waals surface area contributed by atoms with E-state index in [2.05, 4.69) is 40.2 Å². The molecule has 1 N–H and O–H groups in total. The van der Waals surface area contributed by atoms with Crippen molar-refractivity contribution in [3.8, 4) is 0 Å². The molecule has 0 bridgehead atoms. The minimum Gasteiger partial charge on any atom is -0.379 e. The number of hydrogen-bond donors (Lipinski definition) is 1. The van der Waals surface area contributed by atoms with E-state index in [0.29, 0.717) is 6.04 Å². The number of morpholine rings is 1. The molecule has 22 heavy (non-hydrogen) atoms. The molecule has 0 radical (unpaired) electrons. The molecule has 0 aromatic carbocycles. The van der Waals surface area contributed by atoms with Gasteiger partial charge >= 0.3 is 0 Å². The smallest absolute Gasteiger partial charge is 0.193 e. The van der Waals surface area contributed by atoms with Crippen LogP contribution in [0.5, 0.6) is 0 Å². The Morgan fingerprint density at radius 3 is 2.59 bits per heavy atom. The summed E-state index contributed by atoms with van der Waals surface area (Å²) in [6, 6.07) is 0.654. The molecule has 2 saturated heterocycles. The molecule has 0 amide bonds. The molecular formula is C15H31IN4OS. The van der Waals surface area contributed by atoms with E-state index in [1.807, 2.05) is 18.8 Å². The molecule has 1 unspecified atom stereocenters. The summed E-state index contributed by atoms with van der Waals surface area (Å²) >= 11 is 1.89. The Hall–Kier alpha value is 0.270. The van der Waals surface area contributed by atoms with Crippen LogP contribution in [0, 0.1) is 0 Å². The number of rotatable bonds is 4. The maximum absolute atomic E-state index is 5.45. The van der Waals surface area contributed by atoms with Crippen molar-refractivity contribution in [2.24, 2.45) is 4.99 Å². The molecule has 2 aliphatic heterocycles. The van der Waals surface area contributed by atoms with Crippen LogP contribution in [0.2, 0.25) is 0 Å². The van der Waals surface area contributed by atoms with Crippen LogP contribution in [0.4, 0.5) is 0 Å². The topological polar surface area (TPSA) is 40.1 Å². The first kappa shape index (κ1) is 20.3. The first-order chi connectivity index (χ1) is 10.1. The van der Waals surface area contributed by atoms with E-state index < -0.39 is 0 Å². The van der Waals surface area contributed by atoms with Gasteiger partial charge in [-0.1, -0.05) is 0 Å². The summed E-state index contributed by atoms with van der Waals surface area (Å²) < 4.78 is 5.68. The van der Waals surface area contributed by atoms with E-state index in [0.717, 1.165) is 51.9 Å². The van der Waals surface area contributed by atoms with Gasteiger partial charge in [0.05, 0.1) is 13.2 Å². The third kappa shape index (κ3) is 5.72.